The molecule has 0 radical (unpaired) electrons. The standard InChI is InChI=1S/C37H30F2N8O7S3/c1-46-36(42-29(49)30(50)44-46)57-18-20-17-55-32-26(31(51)47(32)27(20)33(52)53)41-28(48)25(45-54-34(38)39)24-19-56-35(40-24)43-37(21-11-5-2-6-12-21,22-13-7-3-8-14-22)23-15-9-4-10-16-23/h2-16,19,26,32,34H,17-18H2,1H3,(H,40,43)(H,41,48)(H,44,50)(H,52,53)/b45-25+/t26?,32-/m1/s1. The van der Waals surface area contributed by atoms with Crippen molar-refractivity contribution in [3.8, 4) is 5.88 Å². The van der Waals surface area contributed by atoms with Crippen LogP contribution < -0.4 is 16.2 Å². The predicted octanol–water partition coefficient (Wildman–Crippen LogP) is 4.22. The van der Waals surface area contributed by atoms with Gasteiger partial charge in [0, 0.05) is 23.9 Å². The first-order valence-electron chi connectivity index (χ1n) is 16.9. The van der Waals surface area contributed by atoms with Gasteiger partial charge in [0.15, 0.2) is 16.0 Å². The summed E-state index contributed by atoms with van der Waals surface area (Å²) in [5.41, 5.74) is -0.0980. The summed E-state index contributed by atoms with van der Waals surface area (Å²) in [4.78, 5) is 65.1. The summed E-state index contributed by atoms with van der Waals surface area (Å²) in [6.07, 6.45) is 0. The maximum atomic E-state index is 13.8. The number of nitrogens with zero attached hydrogens (tertiary/aromatic N) is 6. The molecule has 7 rings (SSSR count). The zero-order valence-corrected chi connectivity index (χ0v) is 31.9. The number of thioether (sulfide) groups is 2. The van der Waals surface area contributed by atoms with Crippen molar-refractivity contribution in [1.82, 2.24) is 30.0 Å². The van der Waals surface area contributed by atoms with E-state index in [4.69, 9.17) is 0 Å². The summed E-state index contributed by atoms with van der Waals surface area (Å²) in [6, 6.07) is 27.6. The molecule has 292 valence electrons. The molecule has 57 heavy (non-hydrogen) atoms. The van der Waals surface area contributed by atoms with Crippen molar-refractivity contribution in [2.24, 2.45) is 12.2 Å². The Kier molecular flexibility index (Phi) is 11.4. The Morgan fingerprint density at radius 3 is 2.16 bits per heavy atom. The highest BCUT2D eigenvalue weighted by atomic mass is 32.2. The summed E-state index contributed by atoms with van der Waals surface area (Å²) < 4.78 is 27.8. The van der Waals surface area contributed by atoms with Crippen LogP contribution in [0.15, 0.2) is 123 Å². The number of carbonyl (C=O) groups excluding carboxylic acids is 2. The molecule has 3 aromatic carbocycles. The number of halogens is 2. The fourth-order valence-corrected chi connectivity index (χ4v) is 9.54. The summed E-state index contributed by atoms with van der Waals surface area (Å²) in [7, 11) is 1.44. The number of aliphatic carboxylic acids is 1. The maximum absolute atomic E-state index is 13.8. The van der Waals surface area contributed by atoms with Crippen LogP contribution in [0.2, 0.25) is 0 Å². The van der Waals surface area contributed by atoms with Gasteiger partial charge in [-0.25, -0.2) is 14.5 Å². The molecule has 2 atom stereocenters. The lowest BCUT2D eigenvalue weighted by molar-refractivity contribution is -0.150. The van der Waals surface area contributed by atoms with Crippen LogP contribution in [0.4, 0.5) is 13.9 Å². The first-order chi connectivity index (χ1) is 27.5. The topological polar surface area (TPSA) is 201 Å². The second-order valence-electron chi connectivity index (χ2n) is 12.4. The highest BCUT2D eigenvalue weighted by Crippen LogP contribution is 2.43. The second-order valence-corrected chi connectivity index (χ2v) is 15.3. The molecule has 1 fully saturated rings. The van der Waals surface area contributed by atoms with E-state index in [1.165, 1.54) is 24.2 Å². The molecule has 2 aromatic heterocycles. The lowest BCUT2D eigenvalue weighted by Crippen LogP contribution is -2.71. The average Bonchev–Trinajstić information content (AvgIpc) is 3.68. The molecule has 5 aromatic rings. The molecule has 2 amide bonds. The Balaban J connectivity index is 1.14. The zero-order chi connectivity index (χ0) is 40.3. The highest BCUT2D eigenvalue weighted by molar-refractivity contribution is 8.01. The van der Waals surface area contributed by atoms with Crippen molar-refractivity contribution in [3.05, 3.63) is 140 Å². The van der Waals surface area contributed by atoms with Crippen LogP contribution in [0.25, 0.3) is 0 Å². The van der Waals surface area contributed by atoms with Crippen LogP contribution in [-0.2, 0) is 31.8 Å². The lowest BCUT2D eigenvalue weighted by atomic mass is 9.77. The zero-order valence-electron chi connectivity index (χ0n) is 29.5. The number of carbonyl (C=O) groups is 3. The fraction of sp³-hybridized carbons (Fsp3) is 0.189. The summed E-state index contributed by atoms with van der Waals surface area (Å²) in [6.45, 7) is -3.38. The number of benzene rings is 3. The van der Waals surface area contributed by atoms with E-state index in [2.05, 4.69) is 35.7 Å². The minimum absolute atomic E-state index is 0.0109. The molecule has 0 saturated carbocycles. The van der Waals surface area contributed by atoms with Gasteiger partial charge in [0.05, 0.1) is 0 Å². The number of carboxylic acid groups (broad SMARTS) is 1. The number of fused-ring (bicyclic) bond motifs is 1. The van der Waals surface area contributed by atoms with Crippen LogP contribution in [0.3, 0.4) is 0 Å². The number of rotatable bonds is 14. The van der Waals surface area contributed by atoms with E-state index in [1.54, 1.807) is 0 Å². The quantitative estimate of drug-likeness (QED) is 0.0408. The number of oxime groups is 1. The largest absolute Gasteiger partial charge is 0.488 e. The van der Waals surface area contributed by atoms with Gasteiger partial charge in [-0.05, 0) is 22.3 Å². The molecule has 1 saturated heterocycles. The van der Waals surface area contributed by atoms with Crippen molar-refractivity contribution >= 4 is 63.5 Å². The molecule has 2 aliphatic rings. The summed E-state index contributed by atoms with van der Waals surface area (Å²) in [5, 5.41) is 33.8. The molecule has 0 bridgehead atoms. The van der Waals surface area contributed by atoms with E-state index >= 15 is 0 Å². The van der Waals surface area contributed by atoms with Gasteiger partial charge in [0.25, 0.3) is 17.7 Å². The Hall–Kier alpha value is -6.12. The van der Waals surface area contributed by atoms with Crippen molar-refractivity contribution < 1.29 is 38.2 Å². The van der Waals surface area contributed by atoms with Crippen molar-refractivity contribution in [1.29, 1.82) is 0 Å². The lowest BCUT2D eigenvalue weighted by Gasteiger charge is -2.49. The molecule has 2 aliphatic heterocycles. The Morgan fingerprint density at radius 2 is 1.60 bits per heavy atom. The average molecular weight is 833 g/mol. The first kappa shape index (κ1) is 39.1. The third-order valence-corrected chi connectivity index (χ3v) is 12.1. The van der Waals surface area contributed by atoms with E-state index < -0.39 is 58.5 Å². The number of amides is 2. The van der Waals surface area contributed by atoms with Crippen molar-refractivity contribution in [2.75, 3.05) is 16.8 Å². The maximum Gasteiger partial charge on any atom is 0.407 e. The number of carboxylic acids is 1. The van der Waals surface area contributed by atoms with Gasteiger partial charge in [-0.2, -0.15) is 13.8 Å². The highest BCUT2D eigenvalue weighted by Gasteiger charge is 2.54. The number of anilines is 1. The number of nitrogens with one attached hydrogen (secondary N) is 2. The van der Waals surface area contributed by atoms with Gasteiger partial charge in [0.2, 0.25) is 0 Å². The molecule has 4 heterocycles. The van der Waals surface area contributed by atoms with Crippen LogP contribution >= 0.6 is 34.9 Å². The van der Waals surface area contributed by atoms with Gasteiger partial charge >= 0.3 is 18.1 Å². The van der Waals surface area contributed by atoms with Gasteiger partial charge in [-0.15, -0.1) is 28.2 Å². The minimum atomic E-state index is -3.38. The van der Waals surface area contributed by atoms with Crippen LogP contribution in [0, 0.1) is 0 Å². The third kappa shape index (κ3) is 7.83. The molecular weight excluding hydrogens is 803 g/mol. The number of hydrogen-bond acceptors (Lipinski definition) is 14. The van der Waals surface area contributed by atoms with Crippen LogP contribution in [0.5, 0.6) is 5.88 Å². The predicted molar refractivity (Wildman–Crippen MR) is 208 cm³/mol. The van der Waals surface area contributed by atoms with Gasteiger partial charge < -0.3 is 25.7 Å². The molecule has 15 nitrogen and oxygen atoms in total. The Morgan fingerprint density at radius 1 is 1.00 bits per heavy atom. The minimum Gasteiger partial charge on any atom is -0.488 e. The number of alkyl halides is 2. The normalized spacial score (nSPS) is 16.9. The number of β-lactam (4-membered cyclic amide) rings is 1. The molecular formula is C37H30F2N8O7S3. The summed E-state index contributed by atoms with van der Waals surface area (Å²) >= 11 is 3.24. The monoisotopic (exact) mass is 832 g/mol. The Bertz CT molecular complexity index is 2340. The van der Waals surface area contributed by atoms with Gasteiger partial charge in [0.1, 0.15) is 28.3 Å². The number of hydrogen-bond donors (Lipinski definition) is 4. The first-order valence-corrected chi connectivity index (χ1v) is 19.8. The number of aromatic nitrogens is 4. The van der Waals surface area contributed by atoms with E-state index in [0.717, 1.165) is 49.4 Å². The number of aromatic hydroxyl groups is 1. The second kappa shape index (κ2) is 16.5. The SMILES string of the molecule is Cn1nc(O)c(=O)nc1SCC1=C(C(=O)O)N2C(=O)C(NC(=O)/C(=N/OC(F)F)c3csc(NC(c4ccccc4)(c4ccccc4)c4ccccc4)n3)[C@H]2SC1. The van der Waals surface area contributed by atoms with Crippen molar-refractivity contribution in [2.45, 2.75) is 28.7 Å². The van der Waals surface area contributed by atoms with Gasteiger partial charge in [-0.1, -0.05) is 108 Å². The van der Waals surface area contributed by atoms with E-state index in [0.29, 0.717) is 10.7 Å². The van der Waals surface area contributed by atoms with E-state index in [1.807, 2.05) is 91.0 Å². The van der Waals surface area contributed by atoms with E-state index in [-0.39, 0.29) is 28.1 Å². The third-order valence-electron chi connectivity index (χ3n) is 8.92. The van der Waals surface area contributed by atoms with Crippen LogP contribution in [-0.4, -0.2) is 87.9 Å². The van der Waals surface area contributed by atoms with Crippen molar-refractivity contribution in [3.63, 3.8) is 0 Å². The molecule has 0 spiro atoms. The summed E-state index contributed by atoms with van der Waals surface area (Å²) in [5.74, 6) is -3.87. The molecule has 20 heteroatoms. The molecule has 1 unspecified atom stereocenters. The number of thiazole rings is 1. The molecule has 4 N–H and O–H groups in total. The fourth-order valence-electron chi connectivity index (χ4n) is 6.40. The van der Waals surface area contributed by atoms with Gasteiger partial charge in [-0.3, -0.25) is 19.3 Å². The smallest absolute Gasteiger partial charge is 0.407 e. The molecule has 0 aliphatic carbocycles. The van der Waals surface area contributed by atoms with E-state index in [9.17, 15) is 38.2 Å². The number of aryl methyl sites for hydroxylation is 1. The Labute approximate surface area is 334 Å². The van der Waals surface area contributed by atoms with Crippen LogP contribution in [0.1, 0.15) is 22.4 Å².